The van der Waals surface area contributed by atoms with Gasteiger partial charge in [-0.2, -0.15) is 0 Å². The predicted octanol–water partition coefficient (Wildman–Crippen LogP) is 4.60. The summed E-state index contributed by atoms with van der Waals surface area (Å²) < 4.78 is 1.57. The summed E-state index contributed by atoms with van der Waals surface area (Å²) in [6.45, 7) is 0.295. The highest BCUT2D eigenvalue weighted by molar-refractivity contribution is 6.30. The van der Waals surface area contributed by atoms with Gasteiger partial charge in [-0.05, 0) is 29.3 Å². The summed E-state index contributed by atoms with van der Waals surface area (Å²) in [6, 6.07) is 21.1. The molecular weight excluding hydrogens is 390 g/mol. The molecule has 1 heterocycles. The van der Waals surface area contributed by atoms with E-state index in [0.29, 0.717) is 29.3 Å². The van der Waals surface area contributed by atoms with Crippen molar-refractivity contribution in [2.24, 2.45) is 0 Å². The number of halogens is 1. The van der Waals surface area contributed by atoms with E-state index in [2.05, 4.69) is 4.98 Å². The van der Waals surface area contributed by atoms with Crippen molar-refractivity contribution in [2.45, 2.75) is 13.0 Å². The lowest BCUT2D eigenvalue weighted by atomic mass is 10.1. The van der Waals surface area contributed by atoms with Crippen molar-refractivity contribution in [2.75, 3.05) is 0 Å². The number of fused-ring (bicyclic) bond motifs is 1. The number of nitro benzene ring substituents is 1. The lowest BCUT2D eigenvalue weighted by molar-refractivity contribution is -0.384. The van der Waals surface area contributed by atoms with E-state index < -0.39 is 4.92 Å². The summed E-state index contributed by atoms with van der Waals surface area (Å²) in [5.74, 6) is 0.595. The van der Waals surface area contributed by atoms with E-state index in [1.165, 1.54) is 18.2 Å². The smallest absolute Gasteiger partial charge is 0.270 e. The highest BCUT2D eigenvalue weighted by Crippen LogP contribution is 2.19. The highest BCUT2D eigenvalue weighted by Gasteiger charge is 2.15. The lowest BCUT2D eigenvalue weighted by Gasteiger charge is -2.14. The van der Waals surface area contributed by atoms with Crippen molar-refractivity contribution >= 4 is 28.2 Å². The Labute approximate surface area is 171 Å². The Kier molecular flexibility index (Phi) is 5.10. The van der Waals surface area contributed by atoms with Gasteiger partial charge >= 0.3 is 0 Å². The minimum atomic E-state index is -0.514. The number of aromatic nitrogens is 2. The van der Waals surface area contributed by atoms with Crippen LogP contribution in [0.3, 0.4) is 0 Å². The van der Waals surface area contributed by atoms with Crippen LogP contribution < -0.4 is 5.56 Å². The average Bonchev–Trinajstić information content (AvgIpc) is 2.73. The molecule has 4 aromatic rings. The first-order valence-corrected chi connectivity index (χ1v) is 9.35. The van der Waals surface area contributed by atoms with Gasteiger partial charge in [0.05, 0.1) is 22.4 Å². The Bertz CT molecular complexity index is 1250. The van der Waals surface area contributed by atoms with Crippen molar-refractivity contribution in [3.8, 4) is 0 Å². The Hall–Kier alpha value is -3.51. The van der Waals surface area contributed by atoms with Crippen LogP contribution in [0.1, 0.15) is 17.0 Å². The fourth-order valence-electron chi connectivity index (χ4n) is 3.22. The van der Waals surface area contributed by atoms with Gasteiger partial charge in [0.2, 0.25) is 0 Å². The van der Waals surface area contributed by atoms with Gasteiger partial charge in [0.25, 0.3) is 11.2 Å². The number of benzene rings is 3. The third-order valence-electron chi connectivity index (χ3n) is 4.69. The van der Waals surface area contributed by atoms with Crippen LogP contribution in [0.15, 0.2) is 77.6 Å². The van der Waals surface area contributed by atoms with Crippen LogP contribution in [0.25, 0.3) is 10.9 Å². The van der Waals surface area contributed by atoms with Gasteiger partial charge in [-0.1, -0.05) is 54.1 Å². The molecule has 7 heteroatoms. The molecule has 0 bridgehead atoms. The Morgan fingerprint density at radius 3 is 2.38 bits per heavy atom. The normalized spacial score (nSPS) is 10.9. The second-order valence-corrected chi connectivity index (χ2v) is 7.10. The molecular formula is C22H16ClN3O3. The van der Waals surface area contributed by atoms with E-state index in [1.807, 2.05) is 42.5 Å². The van der Waals surface area contributed by atoms with Crippen molar-refractivity contribution < 1.29 is 4.92 Å². The molecule has 0 fully saturated rings. The maximum Gasteiger partial charge on any atom is 0.270 e. The molecule has 0 aliphatic rings. The van der Waals surface area contributed by atoms with Crippen LogP contribution >= 0.6 is 11.6 Å². The molecule has 0 amide bonds. The molecule has 29 heavy (non-hydrogen) atoms. The molecule has 0 radical (unpaired) electrons. The largest absolute Gasteiger partial charge is 0.291 e. The summed E-state index contributed by atoms with van der Waals surface area (Å²) in [7, 11) is 0. The van der Waals surface area contributed by atoms with Crippen LogP contribution in [-0.2, 0) is 13.0 Å². The average molecular weight is 406 g/mol. The molecule has 0 spiro atoms. The Balaban J connectivity index is 1.88. The topological polar surface area (TPSA) is 78.0 Å². The first kappa shape index (κ1) is 18.8. The minimum Gasteiger partial charge on any atom is -0.291 e. The zero-order valence-electron chi connectivity index (χ0n) is 15.3. The van der Waals surface area contributed by atoms with Gasteiger partial charge in [-0.3, -0.25) is 19.5 Å². The molecule has 0 saturated carbocycles. The van der Waals surface area contributed by atoms with Crippen LogP contribution in [0.4, 0.5) is 5.69 Å². The summed E-state index contributed by atoms with van der Waals surface area (Å²) in [4.78, 5) is 28.5. The van der Waals surface area contributed by atoms with Crippen molar-refractivity contribution in [3.63, 3.8) is 0 Å². The Morgan fingerprint density at radius 1 is 0.966 bits per heavy atom. The van der Waals surface area contributed by atoms with E-state index in [4.69, 9.17) is 11.6 Å². The van der Waals surface area contributed by atoms with Crippen LogP contribution in [-0.4, -0.2) is 14.5 Å². The third kappa shape index (κ3) is 4.02. The molecule has 0 N–H and O–H groups in total. The van der Waals surface area contributed by atoms with E-state index in [9.17, 15) is 14.9 Å². The summed E-state index contributed by atoms with van der Waals surface area (Å²) in [6.07, 6.45) is 0.469. The van der Waals surface area contributed by atoms with E-state index >= 15 is 0 Å². The van der Waals surface area contributed by atoms with Crippen LogP contribution in [0, 0.1) is 10.1 Å². The number of non-ortho nitro benzene ring substituents is 1. The van der Waals surface area contributed by atoms with Crippen LogP contribution in [0.5, 0.6) is 0 Å². The van der Waals surface area contributed by atoms with Crippen LogP contribution in [0.2, 0.25) is 5.02 Å². The predicted molar refractivity (Wildman–Crippen MR) is 112 cm³/mol. The quantitative estimate of drug-likeness (QED) is 0.359. The van der Waals surface area contributed by atoms with Crippen molar-refractivity contribution in [1.29, 1.82) is 0 Å². The van der Waals surface area contributed by atoms with Gasteiger partial charge in [-0.25, -0.2) is 4.98 Å². The molecule has 4 rings (SSSR count). The standard InChI is InChI=1S/C22H16ClN3O3/c23-17-8-6-16(7-9-17)14-25-21(12-15-4-2-1-3-5-15)24-20-11-10-18(26(28)29)13-19(20)22(25)27/h1-11,13H,12,14H2. The summed E-state index contributed by atoms with van der Waals surface area (Å²) >= 11 is 5.96. The molecule has 0 aliphatic heterocycles. The molecule has 1 aromatic heterocycles. The van der Waals surface area contributed by atoms with Crippen molar-refractivity contribution in [3.05, 3.63) is 115 Å². The summed E-state index contributed by atoms with van der Waals surface area (Å²) in [5, 5.41) is 12.0. The lowest BCUT2D eigenvalue weighted by Crippen LogP contribution is -2.26. The molecule has 0 atom stereocenters. The highest BCUT2D eigenvalue weighted by atomic mass is 35.5. The monoisotopic (exact) mass is 405 g/mol. The zero-order chi connectivity index (χ0) is 20.4. The molecule has 6 nitrogen and oxygen atoms in total. The van der Waals surface area contributed by atoms with Gasteiger partial charge in [0.1, 0.15) is 5.82 Å². The van der Waals surface area contributed by atoms with E-state index in [1.54, 1.807) is 16.7 Å². The molecule has 0 saturated heterocycles. The second-order valence-electron chi connectivity index (χ2n) is 6.67. The number of hydrogen-bond donors (Lipinski definition) is 0. The second kappa shape index (κ2) is 7.85. The number of hydrogen-bond acceptors (Lipinski definition) is 4. The Morgan fingerprint density at radius 2 is 1.69 bits per heavy atom. The molecule has 3 aromatic carbocycles. The van der Waals surface area contributed by atoms with E-state index in [-0.39, 0.29) is 16.6 Å². The molecule has 0 aliphatic carbocycles. The van der Waals surface area contributed by atoms with E-state index in [0.717, 1.165) is 11.1 Å². The number of rotatable bonds is 5. The SMILES string of the molecule is O=c1c2cc([N+](=O)[O-])ccc2nc(Cc2ccccc2)n1Cc1ccc(Cl)cc1. The number of nitro groups is 1. The maximum absolute atomic E-state index is 13.3. The first-order chi connectivity index (χ1) is 14.0. The zero-order valence-corrected chi connectivity index (χ0v) is 16.0. The maximum atomic E-state index is 13.3. The minimum absolute atomic E-state index is 0.134. The molecule has 0 unspecified atom stereocenters. The van der Waals surface area contributed by atoms with Crippen molar-refractivity contribution in [1.82, 2.24) is 9.55 Å². The summed E-state index contributed by atoms with van der Waals surface area (Å²) in [5.41, 5.74) is 1.91. The fourth-order valence-corrected chi connectivity index (χ4v) is 3.34. The fraction of sp³-hybridized carbons (Fsp3) is 0.0909. The third-order valence-corrected chi connectivity index (χ3v) is 4.94. The van der Waals surface area contributed by atoms with Gasteiger partial charge < -0.3 is 0 Å². The van der Waals surface area contributed by atoms with Gasteiger partial charge in [0.15, 0.2) is 0 Å². The van der Waals surface area contributed by atoms with Gasteiger partial charge in [0, 0.05) is 23.6 Å². The molecule has 144 valence electrons. The number of nitrogens with zero attached hydrogens (tertiary/aromatic N) is 3. The first-order valence-electron chi connectivity index (χ1n) is 8.97. The van der Waals surface area contributed by atoms with Gasteiger partial charge in [-0.15, -0.1) is 0 Å².